The van der Waals surface area contributed by atoms with Crippen molar-refractivity contribution in [3.63, 3.8) is 0 Å². The van der Waals surface area contributed by atoms with Gasteiger partial charge in [0.1, 0.15) is 12.2 Å². The number of carbonyl (C=O) groups is 2. The minimum absolute atomic E-state index is 0. The van der Waals surface area contributed by atoms with Crippen molar-refractivity contribution in [3.8, 4) is 0 Å². The van der Waals surface area contributed by atoms with Crippen molar-refractivity contribution >= 4 is 43.8 Å². The predicted octanol–water partition coefficient (Wildman–Crippen LogP) is 5.83. The lowest BCUT2D eigenvalue weighted by atomic mass is 9.44. The van der Waals surface area contributed by atoms with Crippen LogP contribution in [0.2, 0.25) is 0 Å². The van der Waals surface area contributed by atoms with E-state index in [2.05, 4.69) is 45.7 Å². The molecule has 7 saturated carbocycles. The summed E-state index contributed by atoms with van der Waals surface area (Å²) in [5.41, 5.74) is 0.409. The van der Waals surface area contributed by atoms with Crippen molar-refractivity contribution in [1.29, 1.82) is 0 Å². The Morgan fingerprint density at radius 1 is 0.709 bits per heavy atom. The molecule has 8 aliphatic carbocycles. The van der Waals surface area contributed by atoms with Crippen molar-refractivity contribution < 1.29 is 49.7 Å². The Morgan fingerprint density at radius 3 is 1.78 bits per heavy atom. The van der Waals surface area contributed by atoms with E-state index >= 15 is 0 Å². The highest BCUT2D eigenvalue weighted by molar-refractivity contribution is 9.09. The van der Waals surface area contributed by atoms with Gasteiger partial charge in [-0.25, -0.2) is 0 Å². The second kappa shape index (κ2) is 16.1. The van der Waals surface area contributed by atoms with Gasteiger partial charge in [0.25, 0.3) is 0 Å². The van der Waals surface area contributed by atoms with Gasteiger partial charge in [0, 0.05) is 24.7 Å². The lowest BCUT2D eigenvalue weighted by Gasteiger charge is -2.62. The normalized spacial score (nSPS) is 52.1. The van der Waals surface area contributed by atoms with E-state index in [1.807, 2.05) is 6.08 Å². The molecule has 0 radical (unpaired) electrons. The maximum atomic E-state index is 11.7. The zero-order chi connectivity index (χ0) is 39.1. The molecule has 0 spiro atoms. The van der Waals surface area contributed by atoms with Crippen LogP contribution in [0.3, 0.4) is 0 Å². The summed E-state index contributed by atoms with van der Waals surface area (Å²) >= 11 is 7.43. The lowest BCUT2D eigenvalue weighted by Crippen LogP contribution is -2.60. The third-order valence-corrected chi connectivity index (χ3v) is 18.9. The molecular weight excluding hydrogens is 836 g/mol. The van der Waals surface area contributed by atoms with E-state index in [9.17, 15) is 40.2 Å². The van der Waals surface area contributed by atoms with Gasteiger partial charge < -0.3 is 40.1 Å². The third kappa shape index (κ3) is 7.06. The van der Waals surface area contributed by atoms with Gasteiger partial charge in [-0.1, -0.05) is 64.8 Å². The molecule has 0 bridgehead atoms. The van der Waals surface area contributed by atoms with Crippen LogP contribution in [-0.4, -0.2) is 102 Å². The molecule has 0 amide bonds. The van der Waals surface area contributed by atoms with Crippen molar-refractivity contribution in [2.45, 2.75) is 165 Å². The number of alkyl halides is 2. The molecule has 10 nitrogen and oxygen atoms in total. The van der Waals surface area contributed by atoms with Crippen molar-refractivity contribution in [2.24, 2.45) is 63.1 Å². The first-order valence-corrected chi connectivity index (χ1v) is 22.6. The fourth-order valence-electron chi connectivity index (χ4n) is 14.6. The molecule has 0 saturated heterocycles. The molecular formula is C43H68Br2O10. The van der Waals surface area contributed by atoms with Crippen LogP contribution < -0.4 is 0 Å². The van der Waals surface area contributed by atoms with E-state index in [1.54, 1.807) is 0 Å². The van der Waals surface area contributed by atoms with E-state index in [1.165, 1.54) is 19.4 Å². The van der Waals surface area contributed by atoms with Crippen LogP contribution in [0.1, 0.15) is 119 Å². The summed E-state index contributed by atoms with van der Waals surface area (Å²) in [5.74, 6) is 0.904. The zero-order valence-electron chi connectivity index (χ0n) is 32.4. The summed E-state index contributed by atoms with van der Waals surface area (Å²) in [6, 6.07) is 0. The SMILES string of the molecule is C.CC(=O)O[C@H]1[C@H](Br)CC2C3C(CC[C@@]21CO)[C@@]1(C)CC[C@H](O)CC1=C[C@@H]3O.CC(=O)O[C@H]1[C@H](Br)CC2C3C(CC[C@@]21CO)[C@@]1(C)CC[C@H](O)CC1C[C@@H]3O. The van der Waals surface area contributed by atoms with Gasteiger partial charge in [-0.2, -0.15) is 0 Å². The highest BCUT2D eigenvalue weighted by Crippen LogP contribution is 2.68. The van der Waals surface area contributed by atoms with Gasteiger partial charge in [0.15, 0.2) is 0 Å². The Bertz CT molecular complexity index is 1460. The first-order chi connectivity index (χ1) is 25.5. The fourth-order valence-corrected chi connectivity index (χ4v) is 16.7. The maximum absolute atomic E-state index is 11.7. The molecule has 12 heteroatoms. The predicted molar refractivity (Wildman–Crippen MR) is 215 cm³/mol. The Kier molecular flexibility index (Phi) is 12.9. The van der Waals surface area contributed by atoms with Crippen molar-refractivity contribution in [2.75, 3.05) is 13.2 Å². The average Bonchev–Trinajstić information content (AvgIpc) is 3.55. The Labute approximate surface area is 344 Å². The first kappa shape index (κ1) is 44.0. The largest absolute Gasteiger partial charge is 0.461 e. The number of carbonyl (C=O) groups excluding carboxylic acids is 2. The lowest BCUT2D eigenvalue weighted by molar-refractivity contribution is -0.194. The number of aliphatic hydroxyl groups excluding tert-OH is 6. The van der Waals surface area contributed by atoms with Gasteiger partial charge in [-0.3, -0.25) is 9.59 Å². The number of ether oxygens (including phenoxy) is 2. The number of fused-ring (bicyclic) bond motifs is 10. The van der Waals surface area contributed by atoms with Crippen LogP contribution in [0.4, 0.5) is 0 Å². The van der Waals surface area contributed by atoms with E-state index in [0.29, 0.717) is 24.2 Å². The van der Waals surface area contributed by atoms with E-state index in [4.69, 9.17) is 9.47 Å². The third-order valence-electron chi connectivity index (χ3n) is 17.2. The van der Waals surface area contributed by atoms with Gasteiger partial charge >= 0.3 is 11.9 Å². The van der Waals surface area contributed by atoms with Crippen molar-refractivity contribution in [1.82, 2.24) is 0 Å². The quantitative estimate of drug-likeness (QED) is 0.115. The highest BCUT2D eigenvalue weighted by Gasteiger charge is 2.67. The van der Waals surface area contributed by atoms with E-state index < -0.39 is 23.0 Å². The summed E-state index contributed by atoms with van der Waals surface area (Å²) in [6.45, 7) is 7.47. The molecule has 19 atom stereocenters. The summed E-state index contributed by atoms with van der Waals surface area (Å²) in [4.78, 5) is 23.4. The van der Waals surface area contributed by atoms with E-state index in [-0.39, 0.29) is 101 Å². The molecule has 55 heavy (non-hydrogen) atoms. The summed E-state index contributed by atoms with van der Waals surface area (Å²) in [5, 5.41) is 63.4. The van der Waals surface area contributed by atoms with Crippen molar-refractivity contribution in [3.05, 3.63) is 11.6 Å². The highest BCUT2D eigenvalue weighted by atomic mass is 79.9. The van der Waals surface area contributed by atoms with Gasteiger partial charge in [0.05, 0.1) is 47.3 Å². The molecule has 314 valence electrons. The number of hydrogen-bond acceptors (Lipinski definition) is 10. The molecule has 0 aromatic carbocycles. The van der Waals surface area contributed by atoms with E-state index in [0.717, 1.165) is 77.0 Å². The Balaban J connectivity index is 0.000000184. The molecule has 0 aromatic rings. The van der Waals surface area contributed by atoms with Gasteiger partial charge in [0.2, 0.25) is 0 Å². The van der Waals surface area contributed by atoms with Crippen LogP contribution in [-0.2, 0) is 19.1 Å². The van der Waals surface area contributed by atoms with Crippen LogP contribution in [0.5, 0.6) is 0 Å². The van der Waals surface area contributed by atoms with Crippen LogP contribution >= 0.6 is 31.9 Å². The molecule has 7 unspecified atom stereocenters. The Morgan fingerprint density at radius 2 is 1.24 bits per heavy atom. The molecule has 0 aliphatic heterocycles. The summed E-state index contributed by atoms with van der Waals surface area (Å²) in [6.07, 6.45) is 10.6. The molecule has 8 aliphatic rings. The van der Waals surface area contributed by atoms with Crippen LogP contribution in [0, 0.1) is 63.1 Å². The molecule has 0 aromatic heterocycles. The second-order valence-electron chi connectivity index (χ2n) is 19.4. The summed E-state index contributed by atoms with van der Waals surface area (Å²) < 4.78 is 11.4. The smallest absolute Gasteiger partial charge is 0.302 e. The monoisotopic (exact) mass is 902 g/mol. The minimum atomic E-state index is -0.574. The van der Waals surface area contributed by atoms with Crippen LogP contribution in [0.25, 0.3) is 0 Å². The molecule has 0 heterocycles. The maximum Gasteiger partial charge on any atom is 0.302 e. The molecule has 8 rings (SSSR count). The first-order valence-electron chi connectivity index (χ1n) is 20.7. The van der Waals surface area contributed by atoms with Crippen LogP contribution in [0.15, 0.2) is 11.6 Å². The second-order valence-corrected chi connectivity index (χ2v) is 21.8. The molecule has 7 fully saturated rings. The van der Waals surface area contributed by atoms with Gasteiger partial charge in [-0.05, 0) is 136 Å². The fraction of sp³-hybridized carbons (Fsp3) is 0.907. The minimum Gasteiger partial charge on any atom is -0.461 e. The number of esters is 2. The average molecular weight is 905 g/mol. The summed E-state index contributed by atoms with van der Waals surface area (Å²) in [7, 11) is 0. The Hall–Kier alpha value is -0.600. The standard InChI is InChI=1S/C21H33BrO5.C21H31BrO5.CH4/c2*1-11(24)27-19-16(22)9-15-18-14(4-6-21(15,19)10-23)20(2)5-3-13(25)7-12(20)8-17(18)26;/h12-19,23,25-26H,3-10H2,1-2H3;8,13-19,23,25-26H,3-7,9-10H2,1-2H3;1H4/t12?,13-,14?,15?,16+,17-,18?,19-,20-,21+;13-,14?,15?,16+,17-,18?,19-,20-,21+;/m00./s1. The number of rotatable bonds is 4. The molecule has 6 N–H and O–H groups in total. The van der Waals surface area contributed by atoms with Gasteiger partial charge in [-0.15, -0.1) is 0 Å². The number of aliphatic hydroxyl groups is 6. The zero-order valence-corrected chi connectivity index (χ0v) is 35.6. The topological polar surface area (TPSA) is 174 Å². The number of hydrogen-bond donors (Lipinski definition) is 6. The number of halogens is 2.